The Kier molecular flexibility index (Phi) is 6.59. The number of halogens is 3. The fourth-order valence-corrected chi connectivity index (χ4v) is 4.72. The molecule has 0 aromatic heterocycles. The highest BCUT2D eigenvalue weighted by molar-refractivity contribution is 7.85. The topological polar surface area (TPSA) is 66.8 Å². The Bertz CT molecular complexity index is 886. The highest BCUT2D eigenvalue weighted by Gasteiger charge is 2.38. The molecular formula is C20H20F3NO4S. The summed E-state index contributed by atoms with van der Waals surface area (Å²) in [5.74, 6) is 0.147. The molecule has 2 aromatic carbocycles. The maximum atomic E-state index is 13.2. The summed E-state index contributed by atoms with van der Waals surface area (Å²) >= 11 is 0. The molecule has 1 fully saturated rings. The first-order chi connectivity index (χ1) is 13.8. The Labute approximate surface area is 168 Å². The zero-order valence-electron chi connectivity index (χ0n) is 15.4. The fourth-order valence-electron chi connectivity index (χ4n) is 3.11. The van der Waals surface area contributed by atoms with Crippen molar-refractivity contribution < 1.29 is 32.0 Å². The largest absolute Gasteiger partial charge is 0.484 e. The van der Waals surface area contributed by atoms with E-state index in [0.29, 0.717) is 24.3 Å². The molecule has 1 saturated heterocycles. The van der Waals surface area contributed by atoms with Gasteiger partial charge in [-0.05, 0) is 36.2 Å². The van der Waals surface area contributed by atoms with Gasteiger partial charge in [0, 0.05) is 13.1 Å². The summed E-state index contributed by atoms with van der Waals surface area (Å²) in [4.78, 5) is 13.6. The van der Waals surface area contributed by atoms with Crippen LogP contribution in [0.2, 0.25) is 0 Å². The summed E-state index contributed by atoms with van der Waals surface area (Å²) in [6.07, 6.45) is -4.23. The van der Waals surface area contributed by atoms with Crippen LogP contribution in [-0.4, -0.2) is 45.1 Å². The lowest BCUT2D eigenvalue weighted by molar-refractivity contribution is -0.139. The first kappa shape index (κ1) is 21.3. The van der Waals surface area contributed by atoms with E-state index in [1.807, 2.05) is 0 Å². The van der Waals surface area contributed by atoms with Crippen LogP contribution in [0.4, 0.5) is 13.2 Å². The van der Waals surface area contributed by atoms with E-state index in [9.17, 15) is 22.2 Å². The average molecular weight is 427 g/mol. The molecule has 0 bridgehead atoms. The van der Waals surface area contributed by atoms with Gasteiger partial charge in [0.25, 0.3) is 5.91 Å². The minimum Gasteiger partial charge on any atom is -0.484 e. The lowest BCUT2D eigenvalue weighted by Crippen LogP contribution is -2.34. The van der Waals surface area contributed by atoms with Crippen LogP contribution in [0.25, 0.3) is 0 Å². The number of alkyl halides is 3. The molecule has 1 heterocycles. The molecule has 3 rings (SSSR count). The highest BCUT2D eigenvalue weighted by Crippen LogP contribution is 2.35. The average Bonchev–Trinajstić information content (AvgIpc) is 3.21. The maximum Gasteiger partial charge on any atom is 0.417 e. The maximum absolute atomic E-state index is 13.2. The molecule has 0 aliphatic carbocycles. The minimum atomic E-state index is -4.58. The SMILES string of the molecule is O=C(COc1ccc(CO)cc1)N1CC[C@@H]([S@@](=O)c2ccccc2C(F)(F)F)C1. The fraction of sp³-hybridized carbons (Fsp3) is 0.350. The Morgan fingerprint density at radius 2 is 1.86 bits per heavy atom. The first-order valence-corrected chi connectivity index (χ1v) is 10.2. The van der Waals surface area contributed by atoms with Crippen molar-refractivity contribution in [3.05, 3.63) is 59.7 Å². The molecule has 0 spiro atoms. The summed E-state index contributed by atoms with van der Waals surface area (Å²) in [6.45, 7) is 0.112. The van der Waals surface area contributed by atoms with Gasteiger partial charge in [-0.1, -0.05) is 24.3 Å². The molecular weight excluding hydrogens is 407 g/mol. The number of carbonyl (C=O) groups is 1. The molecule has 5 nitrogen and oxygen atoms in total. The van der Waals surface area contributed by atoms with Gasteiger partial charge in [-0.15, -0.1) is 0 Å². The van der Waals surface area contributed by atoms with Gasteiger partial charge in [0.05, 0.1) is 33.1 Å². The van der Waals surface area contributed by atoms with Crippen molar-refractivity contribution in [2.24, 2.45) is 0 Å². The second kappa shape index (κ2) is 8.96. The van der Waals surface area contributed by atoms with Gasteiger partial charge in [-0.25, -0.2) is 0 Å². The summed E-state index contributed by atoms with van der Waals surface area (Å²) in [7, 11) is -1.88. The molecule has 1 amide bonds. The van der Waals surface area contributed by atoms with Crippen LogP contribution in [0.1, 0.15) is 17.5 Å². The van der Waals surface area contributed by atoms with Gasteiger partial charge in [0.1, 0.15) is 5.75 Å². The van der Waals surface area contributed by atoms with Gasteiger partial charge in [-0.3, -0.25) is 9.00 Å². The molecule has 0 unspecified atom stereocenters. The molecule has 0 radical (unpaired) electrons. The predicted molar refractivity (Wildman–Crippen MR) is 101 cm³/mol. The van der Waals surface area contributed by atoms with Crippen molar-refractivity contribution in [1.82, 2.24) is 4.90 Å². The van der Waals surface area contributed by atoms with E-state index in [1.165, 1.54) is 23.1 Å². The van der Waals surface area contributed by atoms with E-state index >= 15 is 0 Å². The number of aliphatic hydroxyl groups is 1. The van der Waals surface area contributed by atoms with E-state index in [-0.39, 0.29) is 30.6 Å². The molecule has 2 atom stereocenters. The van der Waals surface area contributed by atoms with E-state index in [1.54, 1.807) is 24.3 Å². The second-order valence-electron chi connectivity index (χ2n) is 6.63. The van der Waals surface area contributed by atoms with Gasteiger partial charge in [-0.2, -0.15) is 13.2 Å². The number of likely N-dealkylation sites (tertiary alicyclic amines) is 1. The number of rotatable bonds is 6. The van der Waals surface area contributed by atoms with E-state index in [2.05, 4.69) is 0 Å². The van der Waals surface area contributed by atoms with Crippen LogP contribution in [0.3, 0.4) is 0 Å². The Balaban J connectivity index is 1.59. The Morgan fingerprint density at radius 1 is 1.17 bits per heavy atom. The highest BCUT2D eigenvalue weighted by atomic mass is 32.2. The van der Waals surface area contributed by atoms with Crippen molar-refractivity contribution >= 4 is 16.7 Å². The number of aliphatic hydroxyl groups excluding tert-OH is 1. The second-order valence-corrected chi connectivity index (χ2v) is 8.33. The Morgan fingerprint density at radius 3 is 2.52 bits per heavy atom. The summed E-state index contributed by atoms with van der Waals surface area (Å²) < 4.78 is 57.7. The van der Waals surface area contributed by atoms with Crippen molar-refractivity contribution in [2.75, 3.05) is 19.7 Å². The smallest absolute Gasteiger partial charge is 0.417 e. The number of ether oxygens (including phenoxy) is 1. The van der Waals surface area contributed by atoms with Crippen LogP contribution in [-0.2, 0) is 28.4 Å². The number of hydrogen-bond donors (Lipinski definition) is 1. The van der Waals surface area contributed by atoms with Crippen LogP contribution in [0.5, 0.6) is 5.75 Å². The van der Waals surface area contributed by atoms with Crippen molar-refractivity contribution in [3.63, 3.8) is 0 Å². The molecule has 2 aromatic rings. The number of amides is 1. The van der Waals surface area contributed by atoms with E-state index < -0.39 is 27.8 Å². The van der Waals surface area contributed by atoms with Crippen LogP contribution < -0.4 is 4.74 Å². The molecule has 1 aliphatic heterocycles. The van der Waals surface area contributed by atoms with E-state index in [4.69, 9.17) is 9.84 Å². The van der Waals surface area contributed by atoms with Gasteiger partial charge >= 0.3 is 6.18 Å². The van der Waals surface area contributed by atoms with Crippen molar-refractivity contribution in [1.29, 1.82) is 0 Å². The molecule has 156 valence electrons. The zero-order chi connectivity index (χ0) is 21.0. The third-order valence-corrected chi connectivity index (χ3v) is 6.46. The summed E-state index contributed by atoms with van der Waals surface area (Å²) in [5, 5.41) is 8.45. The zero-order valence-corrected chi connectivity index (χ0v) is 16.2. The molecule has 1 N–H and O–H groups in total. The van der Waals surface area contributed by atoms with E-state index in [0.717, 1.165) is 6.07 Å². The van der Waals surface area contributed by atoms with Gasteiger partial charge in [0.15, 0.2) is 6.61 Å². The van der Waals surface area contributed by atoms with Crippen molar-refractivity contribution in [3.8, 4) is 5.75 Å². The van der Waals surface area contributed by atoms with Crippen molar-refractivity contribution in [2.45, 2.75) is 29.3 Å². The third-order valence-electron chi connectivity index (χ3n) is 4.68. The number of nitrogens with zero attached hydrogens (tertiary/aromatic N) is 1. The van der Waals surface area contributed by atoms with Crippen LogP contribution >= 0.6 is 0 Å². The first-order valence-electron chi connectivity index (χ1n) is 8.96. The number of benzene rings is 2. The molecule has 9 heteroatoms. The monoisotopic (exact) mass is 427 g/mol. The van der Waals surface area contributed by atoms with Gasteiger partial charge < -0.3 is 14.7 Å². The quantitative estimate of drug-likeness (QED) is 0.770. The molecule has 1 aliphatic rings. The lowest BCUT2D eigenvalue weighted by Gasteiger charge is -2.18. The standard InChI is InChI=1S/C20H20F3NO4S/c21-20(22,23)17-3-1-2-4-18(17)29(27)16-9-10-24(11-16)19(26)13-28-15-7-5-14(12-25)6-8-15/h1-8,16,25H,9-13H2/t16-,29-/m1/s1. The minimum absolute atomic E-state index is 0.0943. The predicted octanol–water partition coefficient (Wildman–Crippen LogP) is 2.99. The molecule has 29 heavy (non-hydrogen) atoms. The lowest BCUT2D eigenvalue weighted by atomic mass is 10.2. The number of hydrogen-bond acceptors (Lipinski definition) is 4. The molecule has 0 saturated carbocycles. The van der Waals surface area contributed by atoms with Crippen LogP contribution in [0, 0.1) is 0 Å². The normalized spacial score (nSPS) is 17.9. The summed E-state index contributed by atoms with van der Waals surface area (Å²) in [6, 6.07) is 11.4. The number of carbonyl (C=O) groups excluding carboxylic acids is 1. The van der Waals surface area contributed by atoms with Crippen LogP contribution in [0.15, 0.2) is 53.4 Å². The summed E-state index contributed by atoms with van der Waals surface area (Å²) in [5.41, 5.74) is -0.189. The third kappa shape index (κ3) is 5.16. The van der Waals surface area contributed by atoms with Gasteiger partial charge in [0.2, 0.25) is 0 Å². The Hall–Kier alpha value is -2.39.